The lowest BCUT2D eigenvalue weighted by atomic mass is 10.1. The van der Waals surface area contributed by atoms with Gasteiger partial charge in [-0.15, -0.1) is 0 Å². The Hall–Kier alpha value is -0.520. The fraction of sp³-hybridized carbons (Fsp3) is 0.636. The molecule has 0 heteroatoms. The Morgan fingerprint density at radius 3 is 2.55 bits per heavy atom. The van der Waals surface area contributed by atoms with E-state index in [1.807, 2.05) is 0 Å². The van der Waals surface area contributed by atoms with Crippen molar-refractivity contribution in [1.82, 2.24) is 0 Å². The highest BCUT2D eigenvalue weighted by atomic mass is 13.9. The summed E-state index contributed by atoms with van der Waals surface area (Å²) in [6, 6.07) is 0. The van der Waals surface area contributed by atoms with Crippen LogP contribution in [0.5, 0.6) is 0 Å². The van der Waals surface area contributed by atoms with E-state index in [9.17, 15) is 0 Å². The topological polar surface area (TPSA) is 0 Å². The lowest BCUT2D eigenvalue weighted by molar-refractivity contribution is 0.713. The van der Waals surface area contributed by atoms with Crippen LogP contribution in [0.1, 0.15) is 46.5 Å². The number of rotatable bonds is 5. The zero-order valence-electron chi connectivity index (χ0n) is 8.06. The van der Waals surface area contributed by atoms with Gasteiger partial charge in [0.15, 0.2) is 0 Å². The molecule has 0 heterocycles. The third kappa shape index (κ3) is 7.38. The molecule has 0 aromatic heterocycles. The van der Waals surface area contributed by atoms with Crippen LogP contribution >= 0.6 is 0 Å². The Morgan fingerprint density at radius 1 is 1.27 bits per heavy atom. The number of hydrogen-bond donors (Lipinski definition) is 0. The van der Waals surface area contributed by atoms with E-state index in [4.69, 9.17) is 0 Å². The summed E-state index contributed by atoms with van der Waals surface area (Å²) in [4.78, 5) is 0. The maximum absolute atomic E-state index is 2.24. The molecule has 0 nitrogen and oxygen atoms in total. The number of hydrogen-bond acceptors (Lipinski definition) is 0. The van der Waals surface area contributed by atoms with Crippen LogP contribution in [0.25, 0.3) is 0 Å². The van der Waals surface area contributed by atoms with E-state index in [-0.39, 0.29) is 0 Å². The van der Waals surface area contributed by atoms with E-state index in [0.29, 0.717) is 0 Å². The molecule has 0 aromatic carbocycles. The van der Waals surface area contributed by atoms with Gasteiger partial charge in [-0.2, -0.15) is 0 Å². The molecule has 0 fully saturated rings. The summed E-state index contributed by atoms with van der Waals surface area (Å²) >= 11 is 0. The van der Waals surface area contributed by atoms with Crippen LogP contribution in [0.3, 0.4) is 0 Å². The van der Waals surface area contributed by atoms with Gasteiger partial charge in [-0.05, 0) is 26.7 Å². The molecule has 0 N–H and O–H groups in total. The molecule has 0 atom stereocenters. The van der Waals surface area contributed by atoms with Crippen LogP contribution in [0.2, 0.25) is 0 Å². The van der Waals surface area contributed by atoms with Crippen molar-refractivity contribution in [2.75, 3.05) is 0 Å². The van der Waals surface area contributed by atoms with Crippen LogP contribution in [-0.4, -0.2) is 0 Å². The second-order valence-corrected chi connectivity index (χ2v) is 3.00. The Balaban J connectivity index is 3.42. The summed E-state index contributed by atoms with van der Waals surface area (Å²) in [5.41, 5.74) is 1.50. The first kappa shape index (κ1) is 10.5. The van der Waals surface area contributed by atoms with Crippen LogP contribution in [0, 0.1) is 0 Å². The van der Waals surface area contributed by atoms with E-state index >= 15 is 0 Å². The van der Waals surface area contributed by atoms with Gasteiger partial charge in [-0.1, -0.05) is 43.6 Å². The molecular weight excluding hydrogens is 132 g/mol. The molecule has 0 aliphatic heterocycles. The largest absolute Gasteiger partial charge is 0.0877 e. The van der Waals surface area contributed by atoms with E-state index in [1.54, 1.807) is 0 Å². The van der Waals surface area contributed by atoms with Crippen molar-refractivity contribution in [2.24, 2.45) is 0 Å². The van der Waals surface area contributed by atoms with Crippen molar-refractivity contribution in [2.45, 2.75) is 46.5 Å². The van der Waals surface area contributed by atoms with Crippen molar-refractivity contribution in [3.8, 4) is 0 Å². The maximum atomic E-state index is 2.24. The van der Waals surface area contributed by atoms with Gasteiger partial charge in [-0.25, -0.2) is 0 Å². The second kappa shape index (κ2) is 7.59. The van der Waals surface area contributed by atoms with Gasteiger partial charge in [-0.3, -0.25) is 0 Å². The molecule has 0 bridgehead atoms. The van der Waals surface area contributed by atoms with E-state index in [2.05, 4.69) is 39.0 Å². The summed E-state index contributed by atoms with van der Waals surface area (Å²) in [5, 5.41) is 0. The molecule has 0 rings (SSSR count). The highest BCUT2D eigenvalue weighted by molar-refractivity contribution is 5.09. The predicted molar refractivity (Wildman–Crippen MR) is 52.7 cm³/mol. The smallest absolute Gasteiger partial charge is 0.0320 e. The monoisotopic (exact) mass is 152 g/mol. The lowest BCUT2D eigenvalue weighted by Gasteiger charge is -1.97. The first-order chi connectivity index (χ1) is 5.31. The van der Waals surface area contributed by atoms with E-state index < -0.39 is 0 Å². The van der Waals surface area contributed by atoms with E-state index in [0.717, 1.165) is 0 Å². The first-order valence-corrected chi connectivity index (χ1v) is 4.59. The SMILES string of the molecule is CC=CC=C(C)CCCCC. The highest BCUT2D eigenvalue weighted by Gasteiger charge is 1.87. The zero-order chi connectivity index (χ0) is 8.53. The summed E-state index contributed by atoms with van der Waals surface area (Å²) in [6.07, 6.45) is 11.7. The Kier molecular flexibility index (Phi) is 7.23. The minimum atomic E-state index is 1.26. The summed E-state index contributed by atoms with van der Waals surface area (Å²) < 4.78 is 0. The molecule has 11 heavy (non-hydrogen) atoms. The van der Waals surface area contributed by atoms with Crippen LogP contribution in [0.4, 0.5) is 0 Å². The molecule has 0 saturated heterocycles. The zero-order valence-corrected chi connectivity index (χ0v) is 8.06. The molecule has 0 aromatic rings. The summed E-state index contributed by atoms with van der Waals surface area (Å²) in [6.45, 7) is 6.50. The fourth-order valence-corrected chi connectivity index (χ4v) is 0.998. The fourth-order valence-electron chi connectivity index (χ4n) is 0.998. The molecule has 0 aliphatic carbocycles. The van der Waals surface area contributed by atoms with Crippen molar-refractivity contribution in [3.05, 3.63) is 23.8 Å². The third-order valence-corrected chi connectivity index (χ3v) is 1.75. The van der Waals surface area contributed by atoms with Crippen molar-refractivity contribution in [3.63, 3.8) is 0 Å². The molecular formula is C11H20. The minimum absolute atomic E-state index is 1.26. The highest BCUT2D eigenvalue weighted by Crippen LogP contribution is 2.07. The van der Waals surface area contributed by atoms with Gasteiger partial charge in [0, 0.05) is 0 Å². The van der Waals surface area contributed by atoms with Gasteiger partial charge in [0.1, 0.15) is 0 Å². The number of allylic oxidation sites excluding steroid dienone is 4. The third-order valence-electron chi connectivity index (χ3n) is 1.75. The molecule has 64 valence electrons. The van der Waals surface area contributed by atoms with Crippen molar-refractivity contribution in [1.29, 1.82) is 0 Å². The van der Waals surface area contributed by atoms with Gasteiger partial charge in [0.2, 0.25) is 0 Å². The molecule has 0 saturated carbocycles. The molecule has 0 spiro atoms. The van der Waals surface area contributed by atoms with Gasteiger partial charge >= 0.3 is 0 Å². The van der Waals surface area contributed by atoms with Gasteiger partial charge in [0.05, 0.1) is 0 Å². The average Bonchev–Trinajstić information content (AvgIpc) is 2.01. The van der Waals surface area contributed by atoms with Crippen LogP contribution in [0.15, 0.2) is 23.8 Å². The molecule has 0 amide bonds. The predicted octanol–water partition coefficient (Wildman–Crippen LogP) is 4.09. The normalized spacial score (nSPS) is 12.8. The van der Waals surface area contributed by atoms with E-state index in [1.165, 1.54) is 31.3 Å². The van der Waals surface area contributed by atoms with Crippen molar-refractivity contribution < 1.29 is 0 Å². The first-order valence-electron chi connectivity index (χ1n) is 4.59. The Morgan fingerprint density at radius 2 is 2.00 bits per heavy atom. The molecule has 0 radical (unpaired) electrons. The quantitative estimate of drug-likeness (QED) is 0.411. The Bertz CT molecular complexity index is 129. The lowest BCUT2D eigenvalue weighted by Crippen LogP contribution is -1.77. The molecule has 0 unspecified atom stereocenters. The summed E-state index contributed by atoms with van der Waals surface area (Å²) in [5.74, 6) is 0. The van der Waals surface area contributed by atoms with Crippen LogP contribution in [-0.2, 0) is 0 Å². The average molecular weight is 152 g/mol. The van der Waals surface area contributed by atoms with Crippen molar-refractivity contribution >= 4 is 0 Å². The molecule has 0 aliphatic rings. The number of unbranched alkanes of at least 4 members (excludes halogenated alkanes) is 2. The standard InChI is InChI=1S/C11H20/c1-4-6-8-10-11(3)9-7-5-2/h5,7,9H,4,6,8,10H2,1-3H3. The van der Waals surface area contributed by atoms with Gasteiger partial charge in [0.25, 0.3) is 0 Å². The van der Waals surface area contributed by atoms with Gasteiger partial charge < -0.3 is 0 Å². The maximum Gasteiger partial charge on any atom is -0.0320 e. The van der Waals surface area contributed by atoms with Crippen LogP contribution < -0.4 is 0 Å². The minimum Gasteiger partial charge on any atom is -0.0877 e. The second-order valence-electron chi connectivity index (χ2n) is 3.00. The Labute approximate surface area is 71.0 Å². The summed E-state index contributed by atoms with van der Waals surface area (Å²) in [7, 11) is 0.